The second-order valence-corrected chi connectivity index (χ2v) is 7.59. The molecule has 3 aliphatic rings. The van der Waals surface area contributed by atoms with Crippen molar-refractivity contribution in [1.82, 2.24) is 0 Å². The Labute approximate surface area is 147 Å². The summed E-state index contributed by atoms with van der Waals surface area (Å²) in [5.41, 5.74) is 11.8. The summed E-state index contributed by atoms with van der Waals surface area (Å²) in [4.78, 5) is 0. The van der Waals surface area contributed by atoms with Gasteiger partial charge in [0, 0.05) is 23.3 Å². The molecular formula is C16H17FN4OS2. The maximum Gasteiger partial charge on any atom is 0.151 e. The molecule has 1 spiro atoms. The number of rotatable bonds is 4. The second-order valence-electron chi connectivity index (χ2n) is 5.56. The van der Waals surface area contributed by atoms with E-state index in [0.29, 0.717) is 28.6 Å². The van der Waals surface area contributed by atoms with Crippen LogP contribution >= 0.6 is 23.5 Å². The first-order valence-corrected chi connectivity index (χ1v) is 9.20. The maximum atomic E-state index is 14.3. The van der Waals surface area contributed by atoms with Gasteiger partial charge in [-0.2, -0.15) is 0 Å². The Morgan fingerprint density at radius 1 is 1.21 bits per heavy atom. The minimum atomic E-state index is -0.646. The first-order chi connectivity index (χ1) is 11.4. The molecule has 6 N–H and O–H groups in total. The molecular weight excluding hydrogens is 347 g/mol. The molecule has 0 aromatic carbocycles. The van der Waals surface area contributed by atoms with Crippen LogP contribution in [0.2, 0.25) is 0 Å². The number of hydrogen-bond acceptors (Lipinski definition) is 5. The highest BCUT2D eigenvalue weighted by Crippen LogP contribution is 2.56. The smallest absolute Gasteiger partial charge is 0.151 e. The molecule has 0 radical (unpaired) electrons. The van der Waals surface area contributed by atoms with E-state index in [1.807, 2.05) is 24.3 Å². The van der Waals surface area contributed by atoms with Crippen molar-refractivity contribution in [2.75, 3.05) is 11.5 Å². The zero-order chi connectivity index (χ0) is 17.3. The van der Waals surface area contributed by atoms with Crippen LogP contribution < -0.4 is 11.5 Å². The van der Waals surface area contributed by atoms with Gasteiger partial charge < -0.3 is 16.2 Å². The summed E-state index contributed by atoms with van der Waals surface area (Å²) in [6.45, 7) is 0. The lowest BCUT2D eigenvalue weighted by Crippen LogP contribution is -2.25. The van der Waals surface area contributed by atoms with Crippen molar-refractivity contribution in [3.05, 3.63) is 58.9 Å². The molecule has 1 heterocycles. The average molecular weight is 364 g/mol. The van der Waals surface area contributed by atoms with Crippen molar-refractivity contribution in [2.24, 2.45) is 16.9 Å². The molecule has 1 atom stereocenters. The molecule has 0 saturated carbocycles. The lowest BCUT2D eigenvalue weighted by atomic mass is 9.70. The molecule has 8 heteroatoms. The van der Waals surface area contributed by atoms with Crippen LogP contribution in [-0.2, 0) is 4.74 Å². The zero-order valence-corrected chi connectivity index (χ0v) is 14.4. The predicted octanol–water partition coefficient (Wildman–Crippen LogP) is 3.15. The highest BCUT2D eigenvalue weighted by atomic mass is 32.2. The van der Waals surface area contributed by atoms with Gasteiger partial charge in [-0.1, -0.05) is 47.8 Å². The highest BCUT2D eigenvalue weighted by Gasteiger charge is 2.48. The molecule has 0 aromatic rings. The quantitative estimate of drug-likeness (QED) is 0.453. The first-order valence-electron chi connectivity index (χ1n) is 7.23. The van der Waals surface area contributed by atoms with Gasteiger partial charge in [0.15, 0.2) is 10.3 Å². The third-order valence-electron chi connectivity index (χ3n) is 3.98. The summed E-state index contributed by atoms with van der Waals surface area (Å²) in [5, 5.41) is 14.7. The average Bonchev–Trinajstić information content (AvgIpc) is 2.84. The van der Waals surface area contributed by atoms with Gasteiger partial charge in [-0.25, -0.2) is 4.39 Å². The van der Waals surface area contributed by atoms with E-state index in [9.17, 15) is 4.39 Å². The van der Waals surface area contributed by atoms with Gasteiger partial charge in [-0.05, 0) is 6.08 Å². The fraction of sp³-hybridized carbons (Fsp3) is 0.250. The second kappa shape index (κ2) is 6.52. The van der Waals surface area contributed by atoms with Crippen LogP contribution in [0.5, 0.6) is 0 Å². The Kier molecular flexibility index (Phi) is 4.60. The molecule has 0 aromatic heterocycles. The fourth-order valence-corrected chi connectivity index (χ4v) is 4.12. The zero-order valence-electron chi connectivity index (χ0n) is 12.8. The number of nitrogens with one attached hydrogen (secondary N) is 2. The van der Waals surface area contributed by atoms with Crippen molar-refractivity contribution >= 4 is 33.9 Å². The van der Waals surface area contributed by atoms with Gasteiger partial charge in [0.1, 0.15) is 17.3 Å². The topological polar surface area (TPSA) is 109 Å². The Hall–Kier alpha value is -1.93. The number of thioether (sulfide) groups is 2. The molecule has 0 fully saturated rings. The van der Waals surface area contributed by atoms with Crippen molar-refractivity contribution < 1.29 is 9.13 Å². The normalized spacial score (nSPS) is 24.5. The van der Waals surface area contributed by atoms with E-state index in [-0.39, 0.29) is 22.6 Å². The Bertz CT molecular complexity index is 766. The lowest BCUT2D eigenvalue weighted by Gasteiger charge is -2.32. The number of allylic oxidation sites excluding steroid dienone is 6. The highest BCUT2D eigenvalue weighted by molar-refractivity contribution is 8.14. The first kappa shape index (κ1) is 16.9. The molecule has 0 bridgehead atoms. The summed E-state index contributed by atoms with van der Waals surface area (Å²) in [7, 11) is 0. The number of nitrogens with two attached hydrogens (primary N) is 2. The van der Waals surface area contributed by atoms with Gasteiger partial charge in [-0.15, -0.1) is 0 Å². The number of amidine groups is 2. The van der Waals surface area contributed by atoms with Crippen LogP contribution in [-0.4, -0.2) is 21.8 Å². The monoisotopic (exact) mass is 364 g/mol. The molecule has 1 aliphatic heterocycles. The largest absolute Gasteiger partial charge is 0.463 e. The van der Waals surface area contributed by atoms with Gasteiger partial charge in [0.25, 0.3) is 0 Å². The van der Waals surface area contributed by atoms with Crippen LogP contribution in [0.3, 0.4) is 0 Å². The van der Waals surface area contributed by atoms with Gasteiger partial charge in [-0.3, -0.25) is 10.8 Å². The minimum Gasteiger partial charge on any atom is -0.463 e. The van der Waals surface area contributed by atoms with Crippen LogP contribution in [0.15, 0.2) is 58.9 Å². The van der Waals surface area contributed by atoms with Gasteiger partial charge in [0.2, 0.25) is 0 Å². The van der Waals surface area contributed by atoms with Crippen LogP contribution in [0.25, 0.3) is 0 Å². The van der Waals surface area contributed by atoms with E-state index >= 15 is 0 Å². The fourth-order valence-electron chi connectivity index (χ4n) is 3.09. The van der Waals surface area contributed by atoms with Crippen LogP contribution in [0, 0.1) is 16.2 Å². The summed E-state index contributed by atoms with van der Waals surface area (Å²) >= 11 is 2.31. The van der Waals surface area contributed by atoms with Crippen LogP contribution in [0.4, 0.5) is 4.39 Å². The number of ether oxygens (including phenoxy) is 1. The van der Waals surface area contributed by atoms with Crippen molar-refractivity contribution in [1.29, 1.82) is 10.8 Å². The van der Waals surface area contributed by atoms with E-state index in [2.05, 4.69) is 0 Å². The van der Waals surface area contributed by atoms with Gasteiger partial charge >= 0.3 is 0 Å². The summed E-state index contributed by atoms with van der Waals surface area (Å²) < 4.78 is 20.4. The molecule has 0 amide bonds. The van der Waals surface area contributed by atoms with Crippen LogP contribution in [0.1, 0.15) is 6.42 Å². The van der Waals surface area contributed by atoms with E-state index in [1.165, 1.54) is 17.8 Å². The Balaban J connectivity index is 2.01. The Morgan fingerprint density at radius 2 is 1.92 bits per heavy atom. The predicted molar refractivity (Wildman–Crippen MR) is 98.4 cm³/mol. The SMILES string of the molecule is N=C(N)SCC1=C2OC(CSC(=N)N)=C3C=CC=CC32CC(F)=C1. The molecule has 3 rings (SSSR count). The summed E-state index contributed by atoms with van der Waals surface area (Å²) in [5.74, 6) is 1.95. The third kappa shape index (κ3) is 3.03. The van der Waals surface area contributed by atoms with Crippen molar-refractivity contribution in [2.45, 2.75) is 6.42 Å². The molecule has 1 unspecified atom stereocenters. The standard InChI is InChI=1S/C16H17FN4OS2/c17-10-5-9(7-23-14(18)19)13-16(6-10)4-2-1-3-11(16)12(22-13)8-24-15(20)21/h1-5H,6-8H2,(H3,18,19)(H3,20,21). The molecule has 0 saturated heterocycles. The van der Waals surface area contributed by atoms with E-state index < -0.39 is 5.41 Å². The van der Waals surface area contributed by atoms with E-state index in [4.69, 9.17) is 27.0 Å². The molecule has 24 heavy (non-hydrogen) atoms. The minimum absolute atomic E-state index is 0.0107. The lowest BCUT2D eigenvalue weighted by molar-refractivity contribution is 0.270. The summed E-state index contributed by atoms with van der Waals surface area (Å²) in [6.07, 6.45) is 9.35. The third-order valence-corrected chi connectivity index (χ3v) is 5.46. The van der Waals surface area contributed by atoms with E-state index in [1.54, 1.807) is 0 Å². The van der Waals surface area contributed by atoms with Crippen molar-refractivity contribution in [3.63, 3.8) is 0 Å². The molecule has 126 valence electrons. The number of halogens is 1. The molecule has 5 nitrogen and oxygen atoms in total. The van der Waals surface area contributed by atoms with Gasteiger partial charge in [0.05, 0.1) is 11.2 Å². The summed E-state index contributed by atoms with van der Waals surface area (Å²) in [6, 6.07) is 0. The van der Waals surface area contributed by atoms with Crippen molar-refractivity contribution in [3.8, 4) is 0 Å². The number of hydrogen-bond donors (Lipinski definition) is 4. The Morgan fingerprint density at radius 3 is 2.62 bits per heavy atom. The maximum absolute atomic E-state index is 14.3. The van der Waals surface area contributed by atoms with E-state index in [0.717, 1.165) is 17.3 Å². The molecule has 2 aliphatic carbocycles.